The van der Waals surface area contributed by atoms with E-state index in [0.717, 1.165) is 5.16 Å². The Morgan fingerprint density at radius 3 is 2.69 bits per heavy atom. The highest BCUT2D eigenvalue weighted by Crippen LogP contribution is 2.33. The summed E-state index contributed by atoms with van der Waals surface area (Å²) in [6.45, 7) is 6.33. The Morgan fingerprint density at radius 1 is 1.23 bits per heavy atom. The largest absolute Gasteiger partial charge is 0.484 e. The number of halogens is 1. The molecule has 2 aromatic heterocycles. The number of rotatable bonds is 7. The topological polar surface area (TPSA) is 78.9 Å². The van der Waals surface area contributed by atoms with Gasteiger partial charge in [-0.15, -0.1) is 10.2 Å². The molecule has 0 saturated heterocycles. The minimum atomic E-state index is -0.0322. The number of nitrogens with zero attached hydrogens (tertiary/aromatic N) is 5. The minimum Gasteiger partial charge on any atom is -0.484 e. The van der Waals surface area contributed by atoms with Gasteiger partial charge in [-0.25, -0.2) is 0 Å². The summed E-state index contributed by atoms with van der Waals surface area (Å²) in [5.74, 6) is 2.84. The Kier molecular flexibility index (Phi) is 5.83. The first kappa shape index (κ1) is 18.7. The molecule has 0 N–H and O–H groups in total. The number of para-hydroxylation sites is 1. The molecular formula is C17H20ClN5O2S. The monoisotopic (exact) mass is 393 g/mol. The van der Waals surface area contributed by atoms with Gasteiger partial charge < -0.3 is 13.8 Å². The molecule has 0 radical (unpaired) electrons. The maximum atomic E-state index is 6.10. The first-order chi connectivity index (χ1) is 12.5. The van der Waals surface area contributed by atoms with Gasteiger partial charge in [-0.2, -0.15) is 4.98 Å². The van der Waals surface area contributed by atoms with E-state index in [1.807, 2.05) is 50.6 Å². The van der Waals surface area contributed by atoms with Crippen molar-refractivity contribution >= 4 is 23.4 Å². The molecule has 3 aromatic rings. The van der Waals surface area contributed by atoms with Crippen molar-refractivity contribution in [1.82, 2.24) is 24.9 Å². The molecule has 1 atom stereocenters. The number of hydrogen-bond donors (Lipinski definition) is 0. The van der Waals surface area contributed by atoms with Gasteiger partial charge in [0, 0.05) is 13.0 Å². The lowest BCUT2D eigenvalue weighted by atomic mass is 10.2. The summed E-state index contributed by atoms with van der Waals surface area (Å²) < 4.78 is 13.0. The molecule has 2 heterocycles. The summed E-state index contributed by atoms with van der Waals surface area (Å²) in [5.41, 5.74) is 0. The van der Waals surface area contributed by atoms with Crippen molar-refractivity contribution in [2.45, 2.75) is 43.7 Å². The second-order valence-electron chi connectivity index (χ2n) is 6.08. The SMILES string of the molecule is CC(C)c1noc([C@@H](C)Sc2nnc(COc3ccccc3Cl)n2C)n1. The lowest BCUT2D eigenvalue weighted by Crippen LogP contribution is -2.05. The second-order valence-corrected chi connectivity index (χ2v) is 7.80. The first-order valence-electron chi connectivity index (χ1n) is 8.21. The summed E-state index contributed by atoms with van der Waals surface area (Å²) in [5, 5.41) is 13.7. The first-order valence-corrected chi connectivity index (χ1v) is 9.47. The Bertz CT molecular complexity index is 880. The van der Waals surface area contributed by atoms with Gasteiger partial charge >= 0.3 is 0 Å². The van der Waals surface area contributed by atoms with Crippen LogP contribution in [0, 0.1) is 0 Å². The van der Waals surface area contributed by atoms with Crippen LogP contribution in [0.3, 0.4) is 0 Å². The van der Waals surface area contributed by atoms with Gasteiger partial charge in [-0.3, -0.25) is 0 Å². The molecule has 0 fully saturated rings. The van der Waals surface area contributed by atoms with E-state index in [1.54, 1.807) is 6.07 Å². The number of hydrogen-bond acceptors (Lipinski definition) is 7. The molecule has 0 aliphatic heterocycles. The third-order valence-electron chi connectivity index (χ3n) is 3.72. The highest BCUT2D eigenvalue weighted by atomic mass is 35.5. The predicted molar refractivity (Wildman–Crippen MR) is 99.4 cm³/mol. The molecule has 0 unspecified atom stereocenters. The molecule has 0 aliphatic rings. The average molecular weight is 394 g/mol. The van der Waals surface area contributed by atoms with E-state index >= 15 is 0 Å². The zero-order valence-corrected chi connectivity index (χ0v) is 16.6. The maximum absolute atomic E-state index is 6.10. The van der Waals surface area contributed by atoms with Crippen LogP contribution in [0.2, 0.25) is 5.02 Å². The van der Waals surface area contributed by atoms with E-state index in [1.165, 1.54) is 11.8 Å². The van der Waals surface area contributed by atoms with Crippen molar-refractivity contribution in [2.75, 3.05) is 0 Å². The maximum Gasteiger partial charge on any atom is 0.239 e. The molecule has 7 nitrogen and oxygen atoms in total. The normalized spacial score (nSPS) is 12.5. The molecule has 26 heavy (non-hydrogen) atoms. The van der Waals surface area contributed by atoms with E-state index in [0.29, 0.717) is 28.3 Å². The Hall–Kier alpha value is -2.06. The molecule has 0 aliphatic carbocycles. The second kappa shape index (κ2) is 8.09. The lowest BCUT2D eigenvalue weighted by Gasteiger charge is -2.08. The lowest BCUT2D eigenvalue weighted by molar-refractivity contribution is 0.290. The molecule has 138 valence electrons. The van der Waals surface area contributed by atoms with Crippen LogP contribution in [-0.2, 0) is 13.7 Å². The Balaban J connectivity index is 1.65. The molecule has 0 amide bonds. The summed E-state index contributed by atoms with van der Waals surface area (Å²) in [4.78, 5) is 4.43. The van der Waals surface area contributed by atoms with Crippen molar-refractivity contribution < 1.29 is 9.26 Å². The van der Waals surface area contributed by atoms with Crippen LogP contribution in [0.25, 0.3) is 0 Å². The van der Waals surface area contributed by atoms with E-state index in [4.69, 9.17) is 20.9 Å². The van der Waals surface area contributed by atoms with Gasteiger partial charge in [-0.05, 0) is 19.1 Å². The number of benzene rings is 1. The molecule has 0 spiro atoms. The van der Waals surface area contributed by atoms with Gasteiger partial charge in [0.15, 0.2) is 16.8 Å². The molecule has 9 heteroatoms. The van der Waals surface area contributed by atoms with Crippen molar-refractivity contribution in [3.05, 3.63) is 46.8 Å². The van der Waals surface area contributed by atoms with E-state index in [-0.39, 0.29) is 17.8 Å². The van der Waals surface area contributed by atoms with Gasteiger partial charge in [0.2, 0.25) is 5.89 Å². The Morgan fingerprint density at radius 2 is 2.00 bits per heavy atom. The highest BCUT2D eigenvalue weighted by molar-refractivity contribution is 7.99. The quantitative estimate of drug-likeness (QED) is 0.550. The van der Waals surface area contributed by atoms with Crippen LogP contribution in [0.4, 0.5) is 0 Å². The smallest absolute Gasteiger partial charge is 0.239 e. The third kappa shape index (κ3) is 4.19. The molecule has 3 rings (SSSR count). The van der Waals surface area contributed by atoms with Crippen LogP contribution in [0.5, 0.6) is 5.75 Å². The van der Waals surface area contributed by atoms with Crippen molar-refractivity contribution in [3.63, 3.8) is 0 Å². The number of thioether (sulfide) groups is 1. The summed E-state index contributed by atoms with van der Waals surface area (Å²) in [7, 11) is 1.90. The Labute approximate surface area is 161 Å². The molecule has 0 saturated carbocycles. The summed E-state index contributed by atoms with van der Waals surface area (Å²) >= 11 is 7.61. The highest BCUT2D eigenvalue weighted by Gasteiger charge is 2.20. The molecule has 0 bridgehead atoms. The van der Waals surface area contributed by atoms with Crippen LogP contribution < -0.4 is 4.74 Å². The average Bonchev–Trinajstić information content (AvgIpc) is 3.23. The van der Waals surface area contributed by atoms with Crippen molar-refractivity contribution in [2.24, 2.45) is 7.05 Å². The zero-order valence-electron chi connectivity index (χ0n) is 15.0. The summed E-state index contributed by atoms with van der Waals surface area (Å²) in [6.07, 6.45) is 0. The van der Waals surface area contributed by atoms with Crippen molar-refractivity contribution in [3.8, 4) is 5.75 Å². The van der Waals surface area contributed by atoms with E-state index in [9.17, 15) is 0 Å². The van der Waals surface area contributed by atoms with Crippen LogP contribution >= 0.6 is 23.4 Å². The van der Waals surface area contributed by atoms with Gasteiger partial charge in [0.1, 0.15) is 12.4 Å². The fourth-order valence-corrected chi connectivity index (χ4v) is 3.19. The standard InChI is InChI=1S/C17H20ClN5O2S/c1-10(2)15-19-16(25-22-15)11(3)26-17-21-20-14(23(17)4)9-24-13-8-6-5-7-12(13)18/h5-8,10-11H,9H2,1-4H3/t11-/m1/s1. The fourth-order valence-electron chi connectivity index (χ4n) is 2.13. The predicted octanol–water partition coefficient (Wildman–Crippen LogP) is 4.41. The minimum absolute atomic E-state index is 0.0322. The van der Waals surface area contributed by atoms with E-state index in [2.05, 4.69) is 20.3 Å². The summed E-state index contributed by atoms with van der Waals surface area (Å²) in [6, 6.07) is 7.33. The van der Waals surface area contributed by atoms with Gasteiger partial charge in [0.05, 0.1) is 10.3 Å². The van der Waals surface area contributed by atoms with Crippen molar-refractivity contribution in [1.29, 1.82) is 0 Å². The number of ether oxygens (including phenoxy) is 1. The fraction of sp³-hybridized carbons (Fsp3) is 0.412. The number of aromatic nitrogens is 5. The molecule has 1 aromatic carbocycles. The molecular weight excluding hydrogens is 374 g/mol. The van der Waals surface area contributed by atoms with Gasteiger partial charge in [0.25, 0.3) is 0 Å². The van der Waals surface area contributed by atoms with Crippen LogP contribution in [0.15, 0.2) is 33.9 Å². The van der Waals surface area contributed by atoms with E-state index < -0.39 is 0 Å². The third-order valence-corrected chi connectivity index (χ3v) is 5.16. The van der Waals surface area contributed by atoms with Crippen LogP contribution in [-0.4, -0.2) is 24.9 Å². The zero-order chi connectivity index (χ0) is 18.7. The van der Waals surface area contributed by atoms with Gasteiger partial charge in [-0.1, -0.05) is 54.5 Å². The van der Waals surface area contributed by atoms with Crippen LogP contribution in [0.1, 0.15) is 49.5 Å².